The monoisotopic (exact) mass is 748 g/mol. The van der Waals surface area contributed by atoms with Crippen LogP contribution in [0.5, 0.6) is 0 Å². The molecule has 2 unspecified atom stereocenters. The number of aromatic nitrogens is 1. The van der Waals surface area contributed by atoms with Crippen molar-refractivity contribution in [1.82, 2.24) is 4.57 Å². The molecule has 0 radical (unpaired) electrons. The molecule has 3 atom stereocenters. The summed E-state index contributed by atoms with van der Waals surface area (Å²) in [6.07, 6.45) is 5.46. The van der Waals surface area contributed by atoms with E-state index in [9.17, 15) is 0 Å². The van der Waals surface area contributed by atoms with Gasteiger partial charge in [0.25, 0.3) is 0 Å². The lowest BCUT2D eigenvalue weighted by Crippen LogP contribution is -2.34. The number of hydrogen-bond acceptors (Lipinski definition) is 2. The van der Waals surface area contributed by atoms with Crippen LogP contribution in [0.4, 0.5) is 5.69 Å². The maximum atomic E-state index is 6.67. The van der Waals surface area contributed by atoms with Crippen molar-refractivity contribution in [2.75, 3.05) is 0 Å². The highest BCUT2D eigenvalue weighted by molar-refractivity contribution is 6.06. The quantitative estimate of drug-likeness (QED) is 0.180. The Morgan fingerprint density at radius 1 is 0.927 bits per heavy atom. The number of nitrogens with zero attached hydrogens (tertiary/aromatic N) is 6. The van der Waals surface area contributed by atoms with Crippen LogP contribution in [-0.4, -0.2) is 34.6 Å². The smallest absolute Gasteiger partial charge is 0.154 e. The van der Waals surface area contributed by atoms with E-state index in [1.807, 2.05) is 27.7 Å². The molecule has 55 heavy (non-hydrogen) atoms. The Kier molecular flexibility index (Phi) is 17.4. The van der Waals surface area contributed by atoms with Gasteiger partial charge in [-0.15, -0.1) is 0 Å². The summed E-state index contributed by atoms with van der Waals surface area (Å²) >= 11 is 0. The van der Waals surface area contributed by atoms with Gasteiger partial charge in [0.15, 0.2) is 5.84 Å². The Morgan fingerprint density at radius 2 is 1.47 bits per heavy atom. The van der Waals surface area contributed by atoms with Gasteiger partial charge in [-0.25, -0.2) is 25.0 Å². The molecule has 1 aliphatic carbocycles. The zero-order valence-corrected chi connectivity index (χ0v) is 37.8. The lowest BCUT2D eigenvalue weighted by atomic mass is 9.88. The second-order valence-electron chi connectivity index (χ2n) is 15.7. The van der Waals surface area contributed by atoms with Gasteiger partial charge in [-0.2, -0.15) is 0 Å². The fraction of sp³-hybridized carbons (Fsp3) is 0.521. The molecular weight excluding hydrogens is 675 g/mol. The zero-order valence-electron chi connectivity index (χ0n) is 37.8. The largest absolute Gasteiger partial charge is 0.387 e. The number of amidine groups is 4. The normalized spacial score (nSPS) is 18.9. The van der Waals surface area contributed by atoms with Crippen molar-refractivity contribution in [1.29, 1.82) is 0 Å². The predicted octanol–water partition coefficient (Wildman–Crippen LogP) is 11.6. The van der Waals surface area contributed by atoms with Crippen LogP contribution in [0.3, 0.4) is 0 Å². The van der Waals surface area contributed by atoms with Gasteiger partial charge < -0.3 is 10.3 Å². The standard InChI is InChI=1S/C43H59N7.C3H8.C2H6/c1-16-26(5)42(44)49-36(48-39-29(8)19-25(4)20-30(39)9)21-35(43(14)22-31(43)10)32(11)41-37(24(2)3)38-27(6)17-18-28(7)40(38)50(41)23-46-34(13)47-33(12)45-15;1-3-2;1-2/h17-21,26,31H,15-16,22-23H2,1-14H3,(H2,44,48,49);3H2,1-2H3;1-2H3/b35-21-,41-32+,46-34-,47-33?;;/t26?,31-,43?;;/m0../s1. The van der Waals surface area contributed by atoms with Crippen LogP contribution < -0.4 is 16.3 Å². The first-order chi connectivity index (χ1) is 25.9. The van der Waals surface area contributed by atoms with Crippen LogP contribution in [0.2, 0.25) is 0 Å². The Hall–Kier alpha value is -4.39. The first kappa shape index (κ1) is 46.8. The minimum Gasteiger partial charge on any atom is -0.387 e. The first-order valence-electron chi connectivity index (χ1n) is 20.4. The van der Waals surface area contributed by atoms with E-state index in [0.717, 1.165) is 29.7 Å². The van der Waals surface area contributed by atoms with Gasteiger partial charge in [0.1, 0.15) is 24.2 Å². The van der Waals surface area contributed by atoms with E-state index in [1.165, 1.54) is 61.3 Å². The van der Waals surface area contributed by atoms with Crippen molar-refractivity contribution in [2.45, 2.75) is 151 Å². The lowest BCUT2D eigenvalue weighted by molar-refractivity contribution is 0.635. The average Bonchev–Trinajstić information content (AvgIpc) is 3.58. The van der Waals surface area contributed by atoms with Gasteiger partial charge in [0.2, 0.25) is 0 Å². The molecule has 7 nitrogen and oxygen atoms in total. The molecule has 1 aromatic heterocycles. The number of nitrogens with two attached hydrogens (primary N) is 1. The lowest BCUT2D eigenvalue weighted by Gasteiger charge is -2.19. The van der Waals surface area contributed by atoms with Crippen LogP contribution in [0.15, 0.2) is 60.9 Å². The maximum absolute atomic E-state index is 6.67. The molecule has 0 saturated heterocycles. The van der Waals surface area contributed by atoms with Crippen molar-refractivity contribution >= 4 is 57.8 Å². The summed E-state index contributed by atoms with van der Waals surface area (Å²) in [5, 5.41) is 3.70. The molecule has 7 heteroatoms. The maximum Gasteiger partial charge on any atom is 0.154 e. The summed E-state index contributed by atoms with van der Waals surface area (Å²) < 4.78 is 2.39. The first-order valence-corrected chi connectivity index (χ1v) is 20.4. The van der Waals surface area contributed by atoms with Crippen LogP contribution in [-0.2, 0) is 6.67 Å². The molecule has 3 aromatic rings. The summed E-state index contributed by atoms with van der Waals surface area (Å²) in [5.74, 6) is 3.14. The third-order valence-corrected chi connectivity index (χ3v) is 10.6. The van der Waals surface area contributed by atoms with E-state index in [4.69, 9.17) is 20.7 Å². The van der Waals surface area contributed by atoms with Crippen molar-refractivity contribution in [3.63, 3.8) is 0 Å². The molecule has 0 aliphatic heterocycles. The zero-order chi connectivity index (χ0) is 41.9. The Morgan fingerprint density at radius 3 is 1.96 bits per heavy atom. The summed E-state index contributed by atoms with van der Waals surface area (Å²) in [5.41, 5.74) is 18.4. The Labute approximate surface area is 334 Å². The van der Waals surface area contributed by atoms with Crippen LogP contribution in [0, 0.1) is 51.9 Å². The van der Waals surface area contributed by atoms with Crippen molar-refractivity contribution in [2.24, 2.45) is 47.9 Å². The van der Waals surface area contributed by atoms with Gasteiger partial charge in [0, 0.05) is 16.5 Å². The number of allylic oxidation sites excluding steroid dienone is 1. The highest BCUT2D eigenvalue weighted by Gasteiger charge is 2.50. The van der Waals surface area contributed by atoms with Gasteiger partial charge >= 0.3 is 0 Å². The van der Waals surface area contributed by atoms with E-state index in [1.54, 1.807) is 0 Å². The number of rotatable bonds is 8. The van der Waals surface area contributed by atoms with E-state index < -0.39 is 0 Å². The van der Waals surface area contributed by atoms with Crippen LogP contribution >= 0.6 is 0 Å². The summed E-state index contributed by atoms with van der Waals surface area (Å²) in [4.78, 5) is 23.9. The van der Waals surface area contributed by atoms with E-state index in [2.05, 4.69) is 149 Å². The topological polar surface area (TPSA) is 92.7 Å². The van der Waals surface area contributed by atoms with E-state index >= 15 is 0 Å². The van der Waals surface area contributed by atoms with Gasteiger partial charge in [0.05, 0.1) is 16.6 Å². The van der Waals surface area contributed by atoms with Crippen molar-refractivity contribution in [3.8, 4) is 0 Å². The van der Waals surface area contributed by atoms with E-state index in [-0.39, 0.29) is 11.3 Å². The Bertz CT molecular complexity index is 2110. The third-order valence-electron chi connectivity index (χ3n) is 10.6. The van der Waals surface area contributed by atoms with Crippen molar-refractivity contribution in [3.05, 3.63) is 74.3 Å². The molecule has 0 bridgehead atoms. The highest BCUT2D eigenvalue weighted by atomic mass is 15.1. The molecule has 1 saturated carbocycles. The van der Waals surface area contributed by atoms with E-state index in [0.29, 0.717) is 35.9 Å². The Balaban J connectivity index is 0.00000199. The molecule has 0 spiro atoms. The molecular formula is C48H73N7. The van der Waals surface area contributed by atoms with Crippen LogP contribution in [0.1, 0.15) is 137 Å². The molecule has 4 rings (SSSR count). The fourth-order valence-electron chi connectivity index (χ4n) is 7.24. The summed E-state index contributed by atoms with van der Waals surface area (Å²) in [7, 11) is 0. The second-order valence-corrected chi connectivity index (χ2v) is 15.7. The average molecular weight is 748 g/mol. The van der Waals surface area contributed by atoms with Crippen LogP contribution in [0.25, 0.3) is 22.0 Å². The van der Waals surface area contributed by atoms with Crippen molar-refractivity contribution < 1.29 is 0 Å². The minimum absolute atomic E-state index is 0.0522. The summed E-state index contributed by atoms with van der Waals surface area (Å²) in [6, 6.07) is 8.82. The number of aliphatic imine (C=N–C) groups is 5. The highest BCUT2D eigenvalue weighted by Crippen LogP contribution is 2.59. The second kappa shape index (κ2) is 20.5. The third kappa shape index (κ3) is 11.1. The number of hydrogen-bond donors (Lipinski definition) is 1. The number of fused-ring (bicyclic) bond motifs is 1. The van der Waals surface area contributed by atoms with Gasteiger partial charge in [-0.3, -0.25) is 0 Å². The van der Waals surface area contributed by atoms with Gasteiger partial charge in [-0.1, -0.05) is 97.2 Å². The molecule has 0 amide bonds. The predicted molar refractivity (Wildman–Crippen MR) is 246 cm³/mol. The molecule has 300 valence electrons. The number of aryl methyl sites for hydroxylation is 5. The molecule has 2 aromatic carbocycles. The molecule has 1 aliphatic rings. The minimum atomic E-state index is -0.0522. The molecule has 1 heterocycles. The summed E-state index contributed by atoms with van der Waals surface area (Å²) in [6.45, 7) is 42.5. The SMILES string of the molecule is C=NC(C)=N/C(C)=N\Cn1/c(=C(C)/C(=C/C(=Nc2c(C)cc(C)cc2C)N=C(N)C(C)CC)C2(C)C[C@@H]2C)c(=C(C)C)c2c(C)ccc(C)c21.CC.CCC. The fourth-order valence-corrected chi connectivity index (χ4v) is 7.24. The number of benzene rings is 2. The molecule has 1 fully saturated rings. The van der Waals surface area contributed by atoms with Gasteiger partial charge in [-0.05, 0) is 140 Å². The molecule has 2 N–H and O–H groups in total.